The fourth-order valence-electron chi connectivity index (χ4n) is 8.64. The number of furan rings is 1. The van der Waals surface area contributed by atoms with Crippen molar-refractivity contribution in [3.63, 3.8) is 0 Å². The van der Waals surface area contributed by atoms with E-state index >= 15 is 0 Å². The van der Waals surface area contributed by atoms with Crippen LogP contribution >= 0.6 is 0 Å². The SMILES string of the molecule is c1ccc2c(c1)Oc1cc(-c3ccc(-c4cccc5oc6cc7ccccc7cc6c45)cc3)ccc1C21c2ccccc2-c2ccccc21. The lowest BCUT2D eigenvalue weighted by Gasteiger charge is -2.39. The van der Waals surface area contributed by atoms with E-state index in [1.165, 1.54) is 49.7 Å². The van der Waals surface area contributed by atoms with E-state index in [0.29, 0.717) is 0 Å². The van der Waals surface area contributed by atoms with Gasteiger partial charge < -0.3 is 9.15 Å². The molecule has 1 aliphatic carbocycles. The molecule has 0 saturated heterocycles. The quantitative estimate of drug-likeness (QED) is 0.191. The van der Waals surface area contributed by atoms with Crippen LogP contribution in [0.5, 0.6) is 11.5 Å². The fourth-order valence-corrected chi connectivity index (χ4v) is 8.64. The summed E-state index contributed by atoms with van der Waals surface area (Å²) in [4.78, 5) is 0. The molecule has 0 amide bonds. The molecule has 0 fully saturated rings. The first-order valence-corrected chi connectivity index (χ1v) is 16.8. The van der Waals surface area contributed by atoms with Crippen LogP contribution in [0.1, 0.15) is 22.3 Å². The summed E-state index contributed by atoms with van der Waals surface area (Å²) in [7, 11) is 0. The molecule has 0 radical (unpaired) electrons. The van der Waals surface area contributed by atoms with Crippen LogP contribution < -0.4 is 4.74 Å². The average molecular weight is 625 g/mol. The molecule has 0 bridgehead atoms. The number of hydrogen-bond donors (Lipinski definition) is 0. The van der Waals surface area contributed by atoms with Crippen LogP contribution in [0.4, 0.5) is 0 Å². The summed E-state index contributed by atoms with van der Waals surface area (Å²) < 4.78 is 13.1. The second-order valence-electron chi connectivity index (χ2n) is 13.2. The van der Waals surface area contributed by atoms with Crippen molar-refractivity contribution in [3.05, 3.63) is 192 Å². The Bertz CT molecular complexity index is 2760. The maximum atomic E-state index is 6.75. The van der Waals surface area contributed by atoms with E-state index in [2.05, 4.69) is 170 Å². The highest BCUT2D eigenvalue weighted by atomic mass is 16.5. The van der Waals surface area contributed by atoms with Crippen LogP contribution in [0, 0.1) is 0 Å². The Morgan fingerprint density at radius 1 is 0.367 bits per heavy atom. The van der Waals surface area contributed by atoms with Crippen LogP contribution in [0.15, 0.2) is 174 Å². The number of benzene rings is 8. The maximum Gasteiger partial charge on any atom is 0.136 e. The molecule has 2 aliphatic rings. The molecule has 2 nitrogen and oxygen atoms in total. The van der Waals surface area contributed by atoms with Crippen molar-refractivity contribution >= 4 is 32.7 Å². The monoisotopic (exact) mass is 624 g/mol. The van der Waals surface area contributed by atoms with E-state index in [9.17, 15) is 0 Å². The molecule has 0 atom stereocenters. The molecule has 0 unspecified atom stereocenters. The number of para-hydroxylation sites is 1. The van der Waals surface area contributed by atoms with E-state index in [1.807, 2.05) is 0 Å². The van der Waals surface area contributed by atoms with Gasteiger partial charge in [-0.05, 0) is 85.6 Å². The number of ether oxygens (including phenoxy) is 1. The zero-order valence-corrected chi connectivity index (χ0v) is 26.5. The molecule has 1 spiro atoms. The Hall–Kier alpha value is -6.38. The van der Waals surface area contributed by atoms with Gasteiger partial charge in [-0.3, -0.25) is 0 Å². The van der Waals surface area contributed by atoms with Gasteiger partial charge in [-0.1, -0.05) is 140 Å². The van der Waals surface area contributed by atoms with E-state index in [0.717, 1.165) is 50.1 Å². The zero-order valence-electron chi connectivity index (χ0n) is 26.5. The molecule has 8 aromatic carbocycles. The average Bonchev–Trinajstić information content (AvgIpc) is 3.67. The standard InChI is InChI=1S/C47H28O2/c1-2-11-32-27-44-37(26-31(32)10-1)46-34(14-9-19-43(46)49-44)30-22-20-29(21-23-30)33-24-25-41-45(28-33)48-42-18-8-7-17-40(42)47(41)38-15-5-3-12-35(38)36-13-4-6-16-39(36)47/h1-28H. The molecule has 228 valence electrons. The molecular formula is C47H28O2. The zero-order chi connectivity index (χ0) is 32.1. The Balaban J connectivity index is 1.05. The van der Waals surface area contributed by atoms with Crippen LogP contribution in [0.3, 0.4) is 0 Å². The van der Waals surface area contributed by atoms with Gasteiger partial charge in [0.05, 0.1) is 5.41 Å². The third kappa shape index (κ3) is 3.61. The highest BCUT2D eigenvalue weighted by Gasteiger charge is 2.50. The predicted molar refractivity (Wildman–Crippen MR) is 199 cm³/mol. The summed E-state index contributed by atoms with van der Waals surface area (Å²) in [5.74, 6) is 1.80. The third-order valence-electron chi connectivity index (χ3n) is 10.7. The topological polar surface area (TPSA) is 22.4 Å². The van der Waals surface area contributed by atoms with Crippen molar-refractivity contribution in [1.82, 2.24) is 0 Å². The highest BCUT2D eigenvalue weighted by Crippen LogP contribution is 2.62. The van der Waals surface area contributed by atoms with E-state index in [4.69, 9.17) is 9.15 Å². The van der Waals surface area contributed by atoms with E-state index in [-0.39, 0.29) is 0 Å². The third-order valence-corrected chi connectivity index (χ3v) is 10.7. The minimum Gasteiger partial charge on any atom is -0.457 e. The predicted octanol–water partition coefficient (Wildman–Crippen LogP) is 12.5. The minimum absolute atomic E-state index is 0.447. The lowest BCUT2D eigenvalue weighted by molar-refractivity contribution is 0.436. The van der Waals surface area contributed by atoms with Gasteiger partial charge in [-0.2, -0.15) is 0 Å². The molecule has 2 heteroatoms. The highest BCUT2D eigenvalue weighted by molar-refractivity contribution is 6.15. The van der Waals surface area contributed by atoms with Crippen LogP contribution in [0.2, 0.25) is 0 Å². The first-order chi connectivity index (χ1) is 24.3. The van der Waals surface area contributed by atoms with Gasteiger partial charge in [0.25, 0.3) is 0 Å². The van der Waals surface area contributed by atoms with Crippen molar-refractivity contribution in [2.75, 3.05) is 0 Å². The molecule has 0 N–H and O–H groups in total. The largest absolute Gasteiger partial charge is 0.457 e. The fraction of sp³-hybridized carbons (Fsp3) is 0.0213. The Kier molecular flexibility index (Phi) is 5.34. The summed E-state index contributed by atoms with van der Waals surface area (Å²) in [6.45, 7) is 0. The Morgan fingerprint density at radius 3 is 1.73 bits per heavy atom. The lowest BCUT2D eigenvalue weighted by Crippen LogP contribution is -2.32. The van der Waals surface area contributed by atoms with Gasteiger partial charge in [0.2, 0.25) is 0 Å². The molecular weight excluding hydrogens is 597 g/mol. The molecule has 2 heterocycles. The van der Waals surface area contributed by atoms with Crippen LogP contribution in [-0.2, 0) is 5.41 Å². The summed E-state index contributed by atoms with van der Waals surface area (Å²) >= 11 is 0. The number of fused-ring (bicyclic) bond motifs is 13. The van der Waals surface area contributed by atoms with Gasteiger partial charge in [0, 0.05) is 21.9 Å². The minimum atomic E-state index is -0.447. The number of rotatable bonds is 2. The normalized spacial score (nSPS) is 13.6. The summed E-state index contributed by atoms with van der Waals surface area (Å²) in [6.07, 6.45) is 0. The first-order valence-electron chi connectivity index (χ1n) is 16.8. The molecule has 11 rings (SSSR count). The lowest BCUT2D eigenvalue weighted by atomic mass is 9.66. The molecule has 0 saturated carbocycles. The smallest absolute Gasteiger partial charge is 0.136 e. The summed E-state index contributed by atoms with van der Waals surface area (Å²) in [6, 6.07) is 61.1. The van der Waals surface area contributed by atoms with Crippen LogP contribution in [0.25, 0.3) is 66.1 Å². The molecule has 1 aromatic heterocycles. The Labute approximate surface area is 283 Å². The van der Waals surface area contributed by atoms with Gasteiger partial charge >= 0.3 is 0 Å². The van der Waals surface area contributed by atoms with Crippen molar-refractivity contribution < 1.29 is 9.15 Å². The summed E-state index contributed by atoms with van der Waals surface area (Å²) in [5, 5.41) is 4.69. The van der Waals surface area contributed by atoms with Crippen molar-refractivity contribution in [3.8, 4) is 44.9 Å². The van der Waals surface area contributed by atoms with E-state index < -0.39 is 5.41 Å². The van der Waals surface area contributed by atoms with Crippen molar-refractivity contribution in [1.29, 1.82) is 0 Å². The maximum absolute atomic E-state index is 6.75. The summed E-state index contributed by atoms with van der Waals surface area (Å²) in [5.41, 5.74) is 13.5. The Morgan fingerprint density at radius 2 is 0.959 bits per heavy atom. The molecule has 9 aromatic rings. The second-order valence-corrected chi connectivity index (χ2v) is 13.2. The van der Waals surface area contributed by atoms with Crippen LogP contribution in [-0.4, -0.2) is 0 Å². The van der Waals surface area contributed by atoms with Gasteiger partial charge in [0.1, 0.15) is 22.7 Å². The molecule has 49 heavy (non-hydrogen) atoms. The van der Waals surface area contributed by atoms with Gasteiger partial charge in [-0.15, -0.1) is 0 Å². The number of hydrogen-bond acceptors (Lipinski definition) is 2. The van der Waals surface area contributed by atoms with E-state index in [1.54, 1.807) is 0 Å². The van der Waals surface area contributed by atoms with Gasteiger partial charge in [0.15, 0.2) is 0 Å². The molecule has 1 aliphatic heterocycles. The second kappa shape index (κ2) is 9.82. The first kappa shape index (κ1) is 26.7. The van der Waals surface area contributed by atoms with Crippen molar-refractivity contribution in [2.24, 2.45) is 0 Å². The van der Waals surface area contributed by atoms with Crippen molar-refractivity contribution in [2.45, 2.75) is 5.41 Å². The van der Waals surface area contributed by atoms with Gasteiger partial charge in [-0.25, -0.2) is 0 Å².